The average Bonchev–Trinajstić information content (AvgIpc) is 2.39. The van der Waals surface area contributed by atoms with E-state index in [9.17, 15) is 13.6 Å². The van der Waals surface area contributed by atoms with E-state index in [1.807, 2.05) is 18.7 Å². The van der Waals surface area contributed by atoms with Crippen molar-refractivity contribution >= 4 is 5.78 Å². The molecule has 0 radical (unpaired) electrons. The normalized spacial score (nSPS) is 13.0. The maximum atomic E-state index is 13.1. The first-order valence-corrected chi connectivity index (χ1v) is 6.64. The van der Waals surface area contributed by atoms with Gasteiger partial charge in [-0.3, -0.25) is 9.69 Å². The van der Waals surface area contributed by atoms with E-state index in [1.54, 1.807) is 14.0 Å². The molecular weight excluding hydrogens is 264 g/mol. The Morgan fingerprint density at radius 2 is 1.90 bits per heavy atom. The molecular formula is C15H21F2NO2. The molecule has 0 aliphatic heterocycles. The second kappa shape index (κ2) is 7.45. The highest BCUT2D eigenvalue weighted by atomic mass is 19.2. The van der Waals surface area contributed by atoms with E-state index in [0.717, 1.165) is 12.1 Å². The van der Waals surface area contributed by atoms with Crippen LogP contribution < -0.4 is 0 Å². The number of hydrogen-bond acceptors (Lipinski definition) is 3. The van der Waals surface area contributed by atoms with Crippen molar-refractivity contribution in [2.24, 2.45) is 0 Å². The van der Waals surface area contributed by atoms with Gasteiger partial charge in [0, 0.05) is 12.1 Å². The van der Waals surface area contributed by atoms with Crippen LogP contribution in [0.3, 0.4) is 0 Å². The first kappa shape index (κ1) is 16.7. The van der Waals surface area contributed by atoms with E-state index >= 15 is 0 Å². The topological polar surface area (TPSA) is 29.5 Å². The van der Waals surface area contributed by atoms with E-state index in [1.165, 1.54) is 6.07 Å². The molecule has 0 saturated carbocycles. The molecule has 1 rings (SSSR count). The summed E-state index contributed by atoms with van der Waals surface area (Å²) >= 11 is 0. The third-order valence-corrected chi connectivity index (χ3v) is 3.14. The zero-order valence-corrected chi connectivity index (χ0v) is 12.3. The Balaban J connectivity index is 2.63. The number of carbonyl (C=O) groups excluding carboxylic acids is 1. The fourth-order valence-corrected chi connectivity index (χ4v) is 1.72. The molecule has 1 aromatic rings. The lowest BCUT2D eigenvalue weighted by Gasteiger charge is -2.24. The number of ketones is 1. The highest BCUT2D eigenvalue weighted by molar-refractivity contribution is 5.99. The summed E-state index contributed by atoms with van der Waals surface area (Å²) in [6, 6.07) is 2.79. The molecule has 0 aliphatic rings. The molecule has 0 aliphatic carbocycles. The number of likely N-dealkylation sites (N-methyl/N-ethyl adjacent to an activating group) is 1. The number of Topliss-reactive ketones (excluding diaryl/α,β-unsaturated/α-hetero) is 1. The van der Waals surface area contributed by atoms with Gasteiger partial charge in [-0.2, -0.15) is 0 Å². The largest absolute Gasteiger partial charge is 0.377 e. The van der Waals surface area contributed by atoms with E-state index < -0.39 is 17.7 Å². The van der Waals surface area contributed by atoms with Crippen molar-refractivity contribution in [2.75, 3.05) is 20.2 Å². The van der Waals surface area contributed by atoms with Gasteiger partial charge in [0.1, 0.15) is 0 Å². The van der Waals surface area contributed by atoms with E-state index in [0.29, 0.717) is 13.2 Å². The molecule has 0 N–H and O–H groups in total. The molecule has 5 heteroatoms. The average molecular weight is 285 g/mol. The maximum Gasteiger partial charge on any atom is 0.179 e. The third-order valence-electron chi connectivity index (χ3n) is 3.14. The lowest BCUT2D eigenvalue weighted by Crippen LogP contribution is -2.38. The highest BCUT2D eigenvalue weighted by Gasteiger charge is 2.20. The van der Waals surface area contributed by atoms with Crippen LogP contribution in [0.2, 0.25) is 0 Å². The van der Waals surface area contributed by atoms with Crippen molar-refractivity contribution in [3.05, 3.63) is 35.4 Å². The number of nitrogens with zero attached hydrogens (tertiary/aromatic N) is 1. The number of carbonyl (C=O) groups is 1. The van der Waals surface area contributed by atoms with Gasteiger partial charge in [-0.1, -0.05) is 0 Å². The molecule has 112 valence electrons. The van der Waals surface area contributed by atoms with Crippen LogP contribution in [-0.2, 0) is 4.74 Å². The van der Waals surface area contributed by atoms with Crippen LogP contribution >= 0.6 is 0 Å². The Hall–Kier alpha value is -1.33. The maximum absolute atomic E-state index is 13.1. The summed E-state index contributed by atoms with van der Waals surface area (Å²) in [6.45, 7) is 6.73. The first-order valence-electron chi connectivity index (χ1n) is 6.64. The van der Waals surface area contributed by atoms with Crippen LogP contribution in [0.15, 0.2) is 18.2 Å². The number of rotatable bonds is 7. The molecule has 20 heavy (non-hydrogen) atoms. The Labute approximate surface area is 118 Å². The molecule has 0 bridgehead atoms. The Morgan fingerprint density at radius 1 is 1.25 bits per heavy atom. The minimum atomic E-state index is -1.01. The molecule has 0 fully saturated rings. The molecule has 0 heterocycles. The second-order valence-electron chi connectivity index (χ2n) is 5.07. The van der Waals surface area contributed by atoms with Crippen molar-refractivity contribution in [1.82, 2.24) is 4.90 Å². The van der Waals surface area contributed by atoms with Crippen molar-refractivity contribution in [3.63, 3.8) is 0 Å². The fourth-order valence-electron chi connectivity index (χ4n) is 1.72. The van der Waals surface area contributed by atoms with Crippen molar-refractivity contribution in [1.29, 1.82) is 0 Å². The minimum Gasteiger partial charge on any atom is -0.377 e. The highest BCUT2D eigenvalue weighted by Crippen LogP contribution is 2.12. The van der Waals surface area contributed by atoms with Crippen molar-refractivity contribution in [3.8, 4) is 0 Å². The van der Waals surface area contributed by atoms with Gasteiger partial charge in [-0.15, -0.1) is 0 Å². The summed E-state index contributed by atoms with van der Waals surface area (Å²) in [4.78, 5) is 14.0. The first-order chi connectivity index (χ1) is 9.32. The lowest BCUT2D eigenvalue weighted by molar-refractivity contribution is 0.0541. The monoisotopic (exact) mass is 285 g/mol. The van der Waals surface area contributed by atoms with Crippen molar-refractivity contribution < 1.29 is 18.3 Å². The lowest BCUT2D eigenvalue weighted by atomic mass is 10.0. The standard InChI is InChI=1S/C15H21F2NO2/c1-10(2)20-8-7-18(4)11(3)15(19)12-5-6-13(16)14(17)9-12/h5-6,9-11H,7-8H2,1-4H3. The second-order valence-corrected chi connectivity index (χ2v) is 5.07. The zero-order chi connectivity index (χ0) is 15.3. The molecule has 1 aromatic carbocycles. The quantitative estimate of drug-likeness (QED) is 0.721. The van der Waals surface area contributed by atoms with Crippen LogP contribution in [0.5, 0.6) is 0 Å². The van der Waals surface area contributed by atoms with E-state index in [4.69, 9.17) is 4.74 Å². The summed E-state index contributed by atoms with van der Waals surface area (Å²) in [5, 5.41) is 0. The number of hydrogen-bond donors (Lipinski definition) is 0. The SMILES string of the molecule is CC(C)OCCN(C)C(C)C(=O)c1ccc(F)c(F)c1. The molecule has 1 unspecified atom stereocenters. The van der Waals surface area contributed by atoms with Gasteiger partial charge in [0.05, 0.1) is 18.8 Å². The van der Waals surface area contributed by atoms with Crippen LogP contribution in [0.1, 0.15) is 31.1 Å². The Morgan fingerprint density at radius 3 is 2.45 bits per heavy atom. The van der Waals surface area contributed by atoms with Gasteiger partial charge in [0.15, 0.2) is 17.4 Å². The number of ether oxygens (including phenoxy) is 1. The van der Waals surface area contributed by atoms with Gasteiger partial charge in [0.25, 0.3) is 0 Å². The predicted octanol–water partition coefficient (Wildman–Crippen LogP) is 2.89. The van der Waals surface area contributed by atoms with Gasteiger partial charge >= 0.3 is 0 Å². The van der Waals surface area contributed by atoms with Crippen LogP contribution in [-0.4, -0.2) is 43.0 Å². The zero-order valence-electron chi connectivity index (χ0n) is 12.3. The third kappa shape index (κ3) is 4.65. The van der Waals surface area contributed by atoms with Crippen LogP contribution in [0.25, 0.3) is 0 Å². The summed E-state index contributed by atoms with van der Waals surface area (Å²) in [6.07, 6.45) is 0.139. The predicted molar refractivity (Wildman–Crippen MR) is 73.9 cm³/mol. The molecule has 0 aromatic heterocycles. The Bertz CT molecular complexity index is 463. The summed E-state index contributed by atoms with van der Waals surface area (Å²) in [7, 11) is 1.80. The van der Waals surface area contributed by atoms with Crippen LogP contribution in [0.4, 0.5) is 8.78 Å². The minimum absolute atomic E-state index is 0.139. The van der Waals surface area contributed by atoms with E-state index in [-0.39, 0.29) is 17.5 Å². The molecule has 3 nitrogen and oxygen atoms in total. The fraction of sp³-hybridized carbons (Fsp3) is 0.533. The van der Waals surface area contributed by atoms with Crippen LogP contribution in [0, 0.1) is 11.6 Å². The number of benzene rings is 1. The van der Waals surface area contributed by atoms with E-state index in [2.05, 4.69) is 0 Å². The summed E-state index contributed by atoms with van der Waals surface area (Å²) in [5.41, 5.74) is 0.174. The van der Waals surface area contributed by atoms with Gasteiger partial charge in [-0.05, 0) is 46.0 Å². The summed E-state index contributed by atoms with van der Waals surface area (Å²) < 4.78 is 31.4. The molecule has 0 spiro atoms. The molecule has 0 saturated heterocycles. The van der Waals surface area contributed by atoms with Gasteiger partial charge < -0.3 is 4.74 Å². The Kier molecular flexibility index (Phi) is 6.23. The van der Waals surface area contributed by atoms with Crippen molar-refractivity contribution in [2.45, 2.75) is 32.9 Å². The smallest absolute Gasteiger partial charge is 0.179 e. The summed E-state index contributed by atoms with van der Waals surface area (Å²) in [5.74, 6) is -2.20. The molecule has 0 amide bonds. The molecule has 1 atom stereocenters. The van der Waals surface area contributed by atoms with Gasteiger partial charge in [0.2, 0.25) is 0 Å². The van der Waals surface area contributed by atoms with Gasteiger partial charge in [-0.25, -0.2) is 8.78 Å². The number of halogens is 2.